The molecule has 0 saturated heterocycles. The highest BCUT2D eigenvalue weighted by Crippen LogP contribution is 2.16. The van der Waals surface area contributed by atoms with E-state index in [0.29, 0.717) is 0 Å². The number of aliphatic carboxylic acids is 1. The number of carboxylic acids is 1. The first kappa shape index (κ1) is 24.7. The summed E-state index contributed by atoms with van der Waals surface area (Å²) in [7, 11) is 0. The normalized spacial score (nSPS) is 12.9. The van der Waals surface area contributed by atoms with Crippen molar-refractivity contribution in [1.82, 2.24) is 0 Å². The number of carboxylic acid groups (broad SMARTS) is 1. The van der Waals surface area contributed by atoms with Gasteiger partial charge in [-0.05, 0) is 43.4 Å². The van der Waals surface area contributed by atoms with Crippen LogP contribution in [-0.4, -0.2) is 11.1 Å². The zero-order valence-electron chi connectivity index (χ0n) is 18.5. The van der Waals surface area contributed by atoms with Gasteiger partial charge in [-0.15, -0.1) is 0 Å². The van der Waals surface area contributed by atoms with Crippen LogP contribution in [0.3, 0.4) is 0 Å². The Morgan fingerprint density at radius 3 is 2.24 bits per heavy atom. The molecule has 0 spiro atoms. The van der Waals surface area contributed by atoms with Gasteiger partial charge in [0.1, 0.15) is 0 Å². The summed E-state index contributed by atoms with van der Waals surface area (Å²) >= 11 is 0. The van der Waals surface area contributed by atoms with Gasteiger partial charge in [-0.3, -0.25) is 0 Å². The molecular formula is C27H38O2. The third-order valence-electron chi connectivity index (χ3n) is 4.95. The van der Waals surface area contributed by atoms with Crippen molar-refractivity contribution >= 4 is 12.0 Å². The molecule has 1 rings (SSSR count). The van der Waals surface area contributed by atoms with E-state index in [1.165, 1.54) is 68.6 Å². The van der Waals surface area contributed by atoms with Gasteiger partial charge < -0.3 is 5.11 Å². The van der Waals surface area contributed by atoms with Gasteiger partial charge in [0.05, 0.1) is 0 Å². The molecule has 1 aromatic rings. The molecule has 0 aliphatic carbocycles. The van der Waals surface area contributed by atoms with Crippen LogP contribution in [0.2, 0.25) is 0 Å². The summed E-state index contributed by atoms with van der Waals surface area (Å²) in [6, 6.07) is 8.63. The van der Waals surface area contributed by atoms with Crippen LogP contribution < -0.4 is 0 Å². The summed E-state index contributed by atoms with van der Waals surface area (Å²) in [5, 5.41) is 8.73. The summed E-state index contributed by atoms with van der Waals surface area (Å²) < 4.78 is 0. The molecule has 0 amide bonds. The summed E-state index contributed by atoms with van der Waals surface area (Å²) in [5.74, 6) is -0.916. The number of aryl methyl sites for hydroxylation is 1. The van der Waals surface area contributed by atoms with E-state index in [9.17, 15) is 4.79 Å². The zero-order valence-corrected chi connectivity index (χ0v) is 18.5. The second-order valence-electron chi connectivity index (χ2n) is 7.75. The van der Waals surface area contributed by atoms with Crippen LogP contribution in [0.25, 0.3) is 6.08 Å². The highest BCUT2D eigenvalue weighted by molar-refractivity contribution is 5.81. The molecule has 0 bridgehead atoms. The Kier molecular flexibility index (Phi) is 13.2. The Hall–Kier alpha value is -2.35. The molecule has 0 atom stereocenters. The lowest BCUT2D eigenvalue weighted by atomic mass is 9.99. The molecule has 0 heterocycles. The second-order valence-corrected chi connectivity index (χ2v) is 7.75. The largest absolute Gasteiger partial charge is 0.478 e. The topological polar surface area (TPSA) is 37.3 Å². The quantitative estimate of drug-likeness (QED) is 0.198. The van der Waals surface area contributed by atoms with Gasteiger partial charge in [0.15, 0.2) is 0 Å². The van der Waals surface area contributed by atoms with Gasteiger partial charge in [-0.2, -0.15) is 0 Å². The van der Waals surface area contributed by atoms with Crippen molar-refractivity contribution in [2.75, 3.05) is 0 Å². The third kappa shape index (κ3) is 12.7. The lowest BCUT2D eigenvalue weighted by Crippen LogP contribution is -1.90. The van der Waals surface area contributed by atoms with Crippen LogP contribution in [0, 0.1) is 0 Å². The second kappa shape index (κ2) is 15.6. The van der Waals surface area contributed by atoms with Crippen molar-refractivity contribution in [2.45, 2.75) is 78.6 Å². The van der Waals surface area contributed by atoms with Crippen molar-refractivity contribution in [3.05, 3.63) is 76.9 Å². The van der Waals surface area contributed by atoms with Crippen molar-refractivity contribution in [1.29, 1.82) is 0 Å². The fourth-order valence-corrected chi connectivity index (χ4v) is 3.25. The van der Waals surface area contributed by atoms with E-state index in [4.69, 9.17) is 5.11 Å². The molecule has 1 aromatic carbocycles. The van der Waals surface area contributed by atoms with Crippen LogP contribution in [0.5, 0.6) is 0 Å². The van der Waals surface area contributed by atoms with Crippen LogP contribution in [-0.2, 0) is 11.2 Å². The lowest BCUT2D eigenvalue weighted by molar-refractivity contribution is -0.131. The van der Waals surface area contributed by atoms with Crippen LogP contribution in [0.15, 0.2) is 65.8 Å². The monoisotopic (exact) mass is 394 g/mol. The SMILES string of the molecule is CCCCCCCCCCc1ccccc1C=CC(C)=C/C=C/C(C)=C/C(=O)O. The summed E-state index contributed by atoms with van der Waals surface area (Å²) in [6.45, 7) is 6.10. The van der Waals surface area contributed by atoms with Gasteiger partial charge in [0, 0.05) is 6.08 Å². The number of benzene rings is 1. The van der Waals surface area contributed by atoms with E-state index in [1.54, 1.807) is 6.92 Å². The standard InChI is InChI=1S/C27H38O2/c1-4-5-6-7-8-9-10-11-17-25-18-12-13-19-26(25)21-20-23(2)15-14-16-24(3)22-27(28)29/h12-16,18-22H,4-11,17H2,1-3H3,(H,28,29)/b16-14+,21-20?,23-15?,24-22+. The van der Waals surface area contributed by atoms with Gasteiger partial charge in [0.2, 0.25) is 0 Å². The van der Waals surface area contributed by atoms with Crippen LogP contribution in [0.4, 0.5) is 0 Å². The van der Waals surface area contributed by atoms with Gasteiger partial charge in [0.25, 0.3) is 0 Å². The Balaban J connectivity index is 2.50. The molecule has 0 radical (unpaired) electrons. The predicted octanol–water partition coefficient (Wildman–Crippen LogP) is 7.92. The molecule has 0 saturated carbocycles. The number of hydrogen-bond donors (Lipinski definition) is 1. The molecule has 0 aliphatic rings. The maximum Gasteiger partial charge on any atom is 0.328 e. The molecule has 29 heavy (non-hydrogen) atoms. The van der Waals surface area contributed by atoms with E-state index in [1.807, 2.05) is 18.2 Å². The van der Waals surface area contributed by atoms with E-state index in [0.717, 1.165) is 17.6 Å². The molecular weight excluding hydrogens is 356 g/mol. The minimum absolute atomic E-state index is 0.723. The minimum Gasteiger partial charge on any atom is -0.478 e. The number of rotatable bonds is 14. The zero-order chi connectivity index (χ0) is 21.3. The average Bonchev–Trinajstić information content (AvgIpc) is 2.68. The van der Waals surface area contributed by atoms with Crippen molar-refractivity contribution < 1.29 is 9.90 Å². The molecule has 2 heteroatoms. The molecule has 0 fully saturated rings. The van der Waals surface area contributed by atoms with Crippen molar-refractivity contribution in [3.63, 3.8) is 0 Å². The number of hydrogen-bond acceptors (Lipinski definition) is 1. The Morgan fingerprint density at radius 1 is 0.897 bits per heavy atom. The molecule has 158 valence electrons. The van der Waals surface area contributed by atoms with E-state index < -0.39 is 5.97 Å². The van der Waals surface area contributed by atoms with Crippen molar-refractivity contribution in [3.8, 4) is 0 Å². The third-order valence-corrected chi connectivity index (χ3v) is 4.95. The molecule has 0 unspecified atom stereocenters. The highest BCUT2D eigenvalue weighted by atomic mass is 16.4. The number of carbonyl (C=O) groups is 1. The molecule has 0 aromatic heterocycles. The fourth-order valence-electron chi connectivity index (χ4n) is 3.25. The average molecular weight is 395 g/mol. The minimum atomic E-state index is -0.916. The molecule has 0 aliphatic heterocycles. The smallest absolute Gasteiger partial charge is 0.328 e. The first-order valence-corrected chi connectivity index (χ1v) is 11.0. The summed E-state index contributed by atoms with van der Waals surface area (Å²) in [4.78, 5) is 10.6. The number of allylic oxidation sites excluding steroid dienone is 6. The van der Waals surface area contributed by atoms with Gasteiger partial charge in [-0.25, -0.2) is 4.79 Å². The summed E-state index contributed by atoms with van der Waals surface area (Å²) in [5.41, 5.74) is 4.56. The predicted molar refractivity (Wildman–Crippen MR) is 126 cm³/mol. The summed E-state index contributed by atoms with van der Waals surface area (Å²) in [6.07, 6.45) is 23.1. The maximum atomic E-state index is 10.6. The van der Waals surface area contributed by atoms with Crippen molar-refractivity contribution in [2.24, 2.45) is 0 Å². The molecule has 1 N–H and O–H groups in total. The fraction of sp³-hybridized carbons (Fsp3) is 0.444. The van der Waals surface area contributed by atoms with Crippen LogP contribution >= 0.6 is 0 Å². The lowest BCUT2D eigenvalue weighted by Gasteiger charge is -2.06. The van der Waals surface area contributed by atoms with Gasteiger partial charge in [-0.1, -0.05) is 112 Å². The highest BCUT2D eigenvalue weighted by Gasteiger charge is 1.99. The molecule has 2 nitrogen and oxygen atoms in total. The Labute approximate surface area is 177 Å². The maximum absolute atomic E-state index is 10.6. The first-order chi connectivity index (χ1) is 14.0. The van der Waals surface area contributed by atoms with E-state index in [-0.39, 0.29) is 0 Å². The van der Waals surface area contributed by atoms with Crippen LogP contribution in [0.1, 0.15) is 83.3 Å². The Morgan fingerprint density at radius 2 is 1.55 bits per heavy atom. The van der Waals surface area contributed by atoms with E-state index in [2.05, 4.69) is 50.3 Å². The first-order valence-electron chi connectivity index (χ1n) is 11.0. The van der Waals surface area contributed by atoms with Gasteiger partial charge >= 0.3 is 5.97 Å². The number of unbranched alkanes of at least 4 members (excludes halogenated alkanes) is 7. The Bertz CT molecular complexity index is 720. The van der Waals surface area contributed by atoms with E-state index >= 15 is 0 Å².